The van der Waals surface area contributed by atoms with Gasteiger partial charge in [0.1, 0.15) is 6.33 Å². The van der Waals surface area contributed by atoms with E-state index >= 15 is 0 Å². The van der Waals surface area contributed by atoms with Crippen molar-refractivity contribution >= 4 is 23.1 Å². The number of hydrogen-bond acceptors (Lipinski definition) is 9. The summed E-state index contributed by atoms with van der Waals surface area (Å²) in [6.45, 7) is 1.80. The van der Waals surface area contributed by atoms with Crippen LogP contribution in [-0.4, -0.2) is 35.7 Å². The van der Waals surface area contributed by atoms with Crippen LogP contribution >= 0.6 is 11.3 Å². The second-order valence-electron chi connectivity index (χ2n) is 5.04. The Morgan fingerprint density at radius 1 is 1.40 bits per heavy atom. The number of fused-ring (bicyclic) bond motifs is 1. The number of ether oxygens (including phenoxy) is 1. The molecule has 0 aliphatic carbocycles. The molecule has 0 radical (unpaired) electrons. The van der Waals surface area contributed by atoms with Gasteiger partial charge >= 0.3 is 5.97 Å². The van der Waals surface area contributed by atoms with Gasteiger partial charge in [0.15, 0.2) is 6.61 Å². The van der Waals surface area contributed by atoms with Crippen molar-refractivity contribution in [2.24, 2.45) is 0 Å². The maximum absolute atomic E-state index is 12.4. The average Bonchev–Trinajstić information content (AvgIpc) is 3.39. The highest BCUT2D eigenvalue weighted by Gasteiger charge is 2.18. The molecule has 10 heteroatoms. The molecule has 0 atom stereocenters. The molecule has 0 bridgehead atoms. The summed E-state index contributed by atoms with van der Waals surface area (Å²) in [7, 11) is 0. The summed E-state index contributed by atoms with van der Waals surface area (Å²) in [4.78, 5) is 24.7. The van der Waals surface area contributed by atoms with Gasteiger partial charge in [-0.05, 0) is 17.9 Å². The topological polar surface area (TPSA) is 108 Å². The number of nitrogens with zero attached hydrogens (tertiary/aromatic N) is 6. The van der Waals surface area contributed by atoms with Gasteiger partial charge in [-0.15, -0.1) is 0 Å². The molecule has 0 aromatic carbocycles. The van der Waals surface area contributed by atoms with Gasteiger partial charge in [0.25, 0.3) is 11.7 Å². The molecule has 9 nitrogen and oxygen atoms in total. The molecule has 4 aromatic rings. The summed E-state index contributed by atoms with van der Waals surface area (Å²) >= 11 is 1.54. The van der Waals surface area contributed by atoms with E-state index < -0.39 is 5.97 Å². The SMILES string of the molecule is CCc1c(C(=O)OCc2nc(-c3ccsc3)no2)cnc2ncnn12. The van der Waals surface area contributed by atoms with Crippen molar-refractivity contribution in [1.82, 2.24) is 29.7 Å². The number of carbonyl (C=O) groups excluding carboxylic acids is 1. The summed E-state index contributed by atoms with van der Waals surface area (Å²) in [6.07, 6.45) is 3.41. The number of aryl methyl sites for hydroxylation is 1. The van der Waals surface area contributed by atoms with Crippen LogP contribution in [0.2, 0.25) is 0 Å². The molecular formula is C15H12N6O3S. The highest BCUT2D eigenvalue weighted by Crippen LogP contribution is 2.19. The lowest BCUT2D eigenvalue weighted by Crippen LogP contribution is -2.13. The van der Waals surface area contributed by atoms with E-state index in [1.165, 1.54) is 28.4 Å². The number of esters is 1. The molecule has 0 saturated carbocycles. The Kier molecular flexibility index (Phi) is 3.94. The Labute approximate surface area is 145 Å². The summed E-state index contributed by atoms with van der Waals surface area (Å²) in [5.41, 5.74) is 1.87. The zero-order valence-corrected chi connectivity index (χ0v) is 13.9. The third kappa shape index (κ3) is 2.87. The minimum absolute atomic E-state index is 0.117. The van der Waals surface area contributed by atoms with Gasteiger partial charge < -0.3 is 9.26 Å². The van der Waals surface area contributed by atoms with Crippen LogP contribution in [0.15, 0.2) is 33.9 Å². The molecule has 0 unspecified atom stereocenters. The lowest BCUT2D eigenvalue weighted by molar-refractivity contribution is 0.0427. The Morgan fingerprint density at radius 3 is 3.12 bits per heavy atom. The van der Waals surface area contributed by atoms with Gasteiger partial charge in [0.2, 0.25) is 5.82 Å². The van der Waals surface area contributed by atoms with E-state index in [9.17, 15) is 4.79 Å². The van der Waals surface area contributed by atoms with E-state index in [4.69, 9.17) is 9.26 Å². The van der Waals surface area contributed by atoms with Crippen molar-refractivity contribution in [2.75, 3.05) is 0 Å². The fourth-order valence-electron chi connectivity index (χ4n) is 2.36. The molecule has 0 spiro atoms. The van der Waals surface area contributed by atoms with E-state index in [0.717, 1.165) is 5.56 Å². The third-order valence-corrected chi connectivity index (χ3v) is 4.22. The summed E-state index contributed by atoms with van der Waals surface area (Å²) in [6, 6.07) is 1.89. The van der Waals surface area contributed by atoms with Crippen LogP contribution in [0.25, 0.3) is 17.2 Å². The van der Waals surface area contributed by atoms with Crippen molar-refractivity contribution in [3.05, 3.63) is 46.5 Å². The highest BCUT2D eigenvalue weighted by atomic mass is 32.1. The van der Waals surface area contributed by atoms with Crippen molar-refractivity contribution in [3.63, 3.8) is 0 Å². The molecule has 0 amide bonds. The first kappa shape index (κ1) is 15.4. The van der Waals surface area contributed by atoms with Gasteiger partial charge in [-0.3, -0.25) is 0 Å². The lowest BCUT2D eigenvalue weighted by Gasteiger charge is -2.07. The predicted octanol–water partition coefficient (Wildman–Crippen LogP) is 2.16. The molecule has 25 heavy (non-hydrogen) atoms. The van der Waals surface area contributed by atoms with Crippen molar-refractivity contribution in [1.29, 1.82) is 0 Å². The van der Waals surface area contributed by atoms with Crippen molar-refractivity contribution < 1.29 is 14.1 Å². The second-order valence-corrected chi connectivity index (χ2v) is 5.82. The quantitative estimate of drug-likeness (QED) is 0.501. The van der Waals surface area contributed by atoms with Crippen LogP contribution in [0, 0.1) is 0 Å². The molecule has 4 rings (SSSR count). The molecule has 0 N–H and O–H groups in total. The summed E-state index contributed by atoms with van der Waals surface area (Å²) in [5.74, 6) is 0.595. The Balaban J connectivity index is 1.51. The first-order chi connectivity index (χ1) is 12.3. The minimum Gasteiger partial charge on any atom is -0.452 e. The van der Waals surface area contributed by atoms with E-state index in [1.807, 2.05) is 23.8 Å². The van der Waals surface area contributed by atoms with Gasteiger partial charge in [0, 0.05) is 17.1 Å². The first-order valence-corrected chi connectivity index (χ1v) is 8.40. The van der Waals surface area contributed by atoms with Crippen LogP contribution in [0.3, 0.4) is 0 Å². The zero-order chi connectivity index (χ0) is 17.2. The fraction of sp³-hybridized carbons (Fsp3) is 0.200. The van der Waals surface area contributed by atoms with Crippen molar-refractivity contribution in [2.45, 2.75) is 20.0 Å². The molecule has 0 aliphatic heterocycles. The van der Waals surface area contributed by atoms with Gasteiger partial charge in [-0.1, -0.05) is 12.1 Å². The van der Waals surface area contributed by atoms with Crippen LogP contribution < -0.4 is 0 Å². The maximum atomic E-state index is 12.4. The third-order valence-electron chi connectivity index (χ3n) is 3.53. The second kappa shape index (κ2) is 6.40. The Hall–Kier alpha value is -3.14. The molecule has 126 valence electrons. The van der Waals surface area contributed by atoms with Crippen molar-refractivity contribution in [3.8, 4) is 11.4 Å². The Bertz CT molecular complexity index is 1020. The number of thiophene rings is 1. The highest BCUT2D eigenvalue weighted by molar-refractivity contribution is 7.08. The number of carbonyl (C=O) groups is 1. The monoisotopic (exact) mass is 356 g/mol. The smallest absolute Gasteiger partial charge is 0.342 e. The average molecular weight is 356 g/mol. The van der Waals surface area contributed by atoms with Gasteiger partial charge in [0.05, 0.1) is 11.3 Å². The summed E-state index contributed by atoms with van der Waals surface area (Å²) in [5, 5.41) is 11.8. The van der Waals surface area contributed by atoms with Gasteiger partial charge in [-0.25, -0.2) is 14.3 Å². The largest absolute Gasteiger partial charge is 0.452 e. The van der Waals surface area contributed by atoms with E-state index in [1.54, 1.807) is 0 Å². The fourth-order valence-corrected chi connectivity index (χ4v) is 3.00. The molecule has 0 aliphatic rings. The molecule has 4 aromatic heterocycles. The zero-order valence-electron chi connectivity index (χ0n) is 13.1. The lowest BCUT2D eigenvalue weighted by atomic mass is 10.2. The standard InChI is InChI=1S/C15H12N6O3S/c1-2-11-10(5-16-15-17-8-18-21(11)15)14(22)23-6-12-19-13(20-24-12)9-3-4-25-7-9/h3-5,7-8H,2,6H2,1H3. The van der Waals surface area contributed by atoms with Crippen LogP contribution in [0.5, 0.6) is 0 Å². The number of aromatic nitrogens is 6. The minimum atomic E-state index is -0.531. The van der Waals surface area contributed by atoms with E-state index in [0.29, 0.717) is 29.3 Å². The number of rotatable bonds is 5. The first-order valence-electron chi connectivity index (χ1n) is 7.46. The molecule has 0 saturated heterocycles. The van der Waals surface area contributed by atoms with Crippen LogP contribution in [0.1, 0.15) is 28.9 Å². The molecular weight excluding hydrogens is 344 g/mol. The summed E-state index contributed by atoms with van der Waals surface area (Å²) < 4.78 is 11.9. The maximum Gasteiger partial charge on any atom is 0.342 e. The normalized spacial score (nSPS) is 11.1. The van der Waals surface area contributed by atoms with Gasteiger partial charge in [-0.2, -0.15) is 26.4 Å². The predicted molar refractivity (Wildman–Crippen MR) is 86.9 cm³/mol. The Morgan fingerprint density at radius 2 is 2.32 bits per heavy atom. The molecule has 0 fully saturated rings. The molecule has 4 heterocycles. The van der Waals surface area contributed by atoms with E-state index in [-0.39, 0.29) is 12.5 Å². The number of hydrogen-bond donors (Lipinski definition) is 0. The van der Waals surface area contributed by atoms with Crippen LogP contribution in [0.4, 0.5) is 0 Å². The van der Waals surface area contributed by atoms with E-state index in [2.05, 4.69) is 25.2 Å². The van der Waals surface area contributed by atoms with Crippen LogP contribution in [-0.2, 0) is 17.8 Å².